The number of rotatable bonds is 1. The zero-order chi connectivity index (χ0) is 23.0. The van der Waals surface area contributed by atoms with Crippen molar-refractivity contribution in [2.24, 2.45) is 23.7 Å². The highest BCUT2D eigenvalue weighted by Crippen LogP contribution is 2.65. The number of hydrogen-bond donors (Lipinski definition) is 0. The molecule has 4 aromatic carbocycles. The zero-order valence-electron chi connectivity index (χ0n) is 20.0. The summed E-state index contributed by atoms with van der Waals surface area (Å²) in [7, 11) is 0. The Morgan fingerprint density at radius 3 is 2.26 bits per heavy atom. The van der Waals surface area contributed by atoms with Gasteiger partial charge in [-0.2, -0.15) is 0 Å². The summed E-state index contributed by atoms with van der Waals surface area (Å²) in [6, 6.07) is 29.4. The first-order chi connectivity index (χ1) is 16.6. The van der Waals surface area contributed by atoms with Crippen LogP contribution in [0.5, 0.6) is 0 Å². The standard InChI is InChI=1S/C33H31Cl/c1-20-16-22-18-21(2)33(23(17-20)19-22)29-12-6-5-10-28(29)32-27(11-7-13-30(32)33)25-14-15-31(34)26-9-4-3-8-24(25)26/h3-15,20-23H,16-19H2,1-2H3. The first kappa shape index (κ1) is 20.8. The normalized spacial score (nSPS) is 29.3. The molecule has 1 spiro atoms. The Kier molecular flexibility index (Phi) is 4.56. The van der Waals surface area contributed by atoms with E-state index in [4.69, 9.17) is 11.6 Å². The molecule has 2 bridgehead atoms. The third-order valence-corrected chi connectivity index (χ3v) is 9.79. The largest absolute Gasteiger partial charge is 0.0837 e. The molecule has 2 fully saturated rings. The Hall–Kier alpha value is -2.57. The van der Waals surface area contributed by atoms with Gasteiger partial charge in [-0.1, -0.05) is 98.2 Å². The molecule has 3 aliphatic carbocycles. The van der Waals surface area contributed by atoms with Crippen molar-refractivity contribution in [2.75, 3.05) is 0 Å². The van der Waals surface area contributed by atoms with E-state index in [1.54, 1.807) is 11.1 Å². The summed E-state index contributed by atoms with van der Waals surface area (Å²) in [6.45, 7) is 5.03. The lowest BCUT2D eigenvalue weighted by Crippen LogP contribution is -2.49. The fraction of sp³-hybridized carbons (Fsp3) is 0.333. The van der Waals surface area contributed by atoms with Gasteiger partial charge in [-0.15, -0.1) is 0 Å². The second-order valence-corrected chi connectivity index (χ2v) is 11.7. The van der Waals surface area contributed by atoms with E-state index in [1.807, 2.05) is 0 Å². The van der Waals surface area contributed by atoms with Crippen molar-refractivity contribution < 1.29 is 0 Å². The molecule has 1 heteroatoms. The maximum atomic E-state index is 6.62. The molecule has 4 aromatic rings. The molecule has 7 rings (SSSR count). The van der Waals surface area contributed by atoms with Gasteiger partial charge in [-0.3, -0.25) is 0 Å². The molecule has 0 heterocycles. The monoisotopic (exact) mass is 462 g/mol. The fourth-order valence-corrected chi connectivity index (χ4v) is 8.71. The molecule has 0 saturated heterocycles. The summed E-state index contributed by atoms with van der Waals surface area (Å²) in [5.74, 6) is 3.11. The zero-order valence-corrected chi connectivity index (χ0v) is 20.8. The van der Waals surface area contributed by atoms with Crippen LogP contribution in [0, 0.1) is 23.7 Å². The van der Waals surface area contributed by atoms with Gasteiger partial charge in [-0.25, -0.2) is 0 Å². The van der Waals surface area contributed by atoms with Crippen LogP contribution >= 0.6 is 11.6 Å². The van der Waals surface area contributed by atoms with Crippen LogP contribution in [-0.4, -0.2) is 0 Å². The SMILES string of the molecule is CC1CC2CC(C)C3(c4ccccc4-c4c(-c5ccc(Cl)c6ccccc56)cccc43)C(C1)C2. The molecule has 3 aliphatic rings. The number of fused-ring (bicyclic) bond motifs is 9. The molecule has 0 nitrogen and oxygen atoms in total. The molecule has 0 amide bonds. The lowest BCUT2D eigenvalue weighted by molar-refractivity contribution is 0.0426. The summed E-state index contributed by atoms with van der Waals surface area (Å²) in [4.78, 5) is 0. The molecule has 170 valence electrons. The maximum absolute atomic E-state index is 6.62. The highest BCUT2D eigenvalue weighted by Gasteiger charge is 2.56. The van der Waals surface area contributed by atoms with Crippen LogP contribution in [0.2, 0.25) is 5.02 Å². The Balaban J connectivity index is 1.55. The predicted molar refractivity (Wildman–Crippen MR) is 144 cm³/mol. The topological polar surface area (TPSA) is 0 Å². The number of benzene rings is 4. The van der Waals surface area contributed by atoms with Crippen molar-refractivity contribution in [3.05, 3.63) is 95.0 Å². The third-order valence-electron chi connectivity index (χ3n) is 9.46. The molecular weight excluding hydrogens is 432 g/mol. The van der Waals surface area contributed by atoms with E-state index in [0.717, 1.165) is 28.2 Å². The molecule has 2 saturated carbocycles. The first-order valence-corrected chi connectivity index (χ1v) is 13.4. The highest BCUT2D eigenvalue weighted by atomic mass is 35.5. The van der Waals surface area contributed by atoms with Gasteiger partial charge in [0.1, 0.15) is 0 Å². The van der Waals surface area contributed by atoms with Crippen LogP contribution in [0.3, 0.4) is 0 Å². The van der Waals surface area contributed by atoms with E-state index < -0.39 is 0 Å². The number of halogens is 1. The average molecular weight is 463 g/mol. The van der Waals surface area contributed by atoms with Crippen molar-refractivity contribution >= 4 is 22.4 Å². The van der Waals surface area contributed by atoms with Crippen molar-refractivity contribution in [1.29, 1.82) is 0 Å². The van der Waals surface area contributed by atoms with Crippen LogP contribution in [-0.2, 0) is 5.41 Å². The Morgan fingerprint density at radius 1 is 0.647 bits per heavy atom. The Bertz CT molecular complexity index is 1430. The molecule has 5 unspecified atom stereocenters. The second-order valence-electron chi connectivity index (χ2n) is 11.3. The van der Waals surface area contributed by atoms with Gasteiger partial charge in [0.15, 0.2) is 0 Å². The van der Waals surface area contributed by atoms with Gasteiger partial charge in [-0.05, 0) is 94.2 Å². The van der Waals surface area contributed by atoms with Crippen LogP contribution in [0.4, 0.5) is 0 Å². The molecule has 0 N–H and O–H groups in total. The molecule has 0 radical (unpaired) electrons. The molecule has 0 aliphatic heterocycles. The summed E-state index contributed by atoms with van der Waals surface area (Å²) in [5.41, 5.74) is 8.87. The van der Waals surface area contributed by atoms with Crippen LogP contribution in [0.1, 0.15) is 50.7 Å². The van der Waals surface area contributed by atoms with E-state index in [1.165, 1.54) is 53.3 Å². The Morgan fingerprint density at radius 2 is 1.38 bits per heavy atom. The summed E-state index contributed by atoms with van der Waals surface area (Å²) in [6.07, 6.45) is 5.50. The van der Waals surface area contributed by atoms with Crippen molar-refractivity contribution in [3.8, 4) is 22.3 Å². The minimum Gasteiger partial charge on any atom is -0.0837 e. The van der Waals surface area contributed by atoms with Gasteiger partial charge in [0.2, 0.25) is 0 Å². The molecule has 0 aromatic heterocycles. The van der Waals surface area contributed by atoms with Crippen LogP contribution < -0.4 is 0 Å². The van der Waals surface area contributed by atoms with Crippen LogP contribution in [0.25, 0.3) is 33.0 Å². The summed E-state index contributed by atoms with van der Waals surface area (Å²) < 4.78 is 0. The predicted octanol–water partition coefficient (Wildman–Crippen LogP) is 9.52. The summed E-state index contributed by atoms with van der Waals surface area (Å²) >= 11 is 6.62. The van der Waals surface area contributed by atoms with Gasteiger partial charge in [0.05, 0.1) is 0 Å². The maximum Gasteiger partial charge on any atom is 0.0484 e. The second kappa shape index (κ2) is 7.46. The van der Waals surface area contributed by atoms with E-state index in [2.05, 4.69) is 92.7 Å². The van der Waals surface area contributed by atoms with E-state index in [-0.39, 0.29) is 5.41 Å². The van der Waals surface area contributed by atoms with Crippen molar-refractivity contribution in [1.82, 2.24) is 0 Å². The molecule has 5 atom stereocenters. The Labute approximate surface area is 208 Å². The summed E-state index contributed by atoms with van der Waals surface area (Å²) in [5, 5.41) is 3.20. The van der Waals surface area contributed by atoms with Crippen LogP contribution in [0.15, 0.2) is 78.9 Å². The van der Waals surface area contributed by atoms with Crippen molar-refractivity contribution in [3.63, 3.8) is 0 Å². The van der Waals surface area contributed by atoms with E-state index >= 15 is 0 Å². The van der Waals surface area contributed by atoms with Crippen molar-refractivity contribution in [2.45, 2.75) is 44.9 Å². The molecule has 34 heavy (non-hydrogen) atoms. The minimum absolute atomic E-state index is 0.134. The van der Waals surface area contributed by atoms with Gasteiger partial charge in [0.25, 0.3) is 0 Å². The smallest absolute Gasteiger partial charge is 0.0484 e. The fourth-order valence-electron chi connectivity index (χ4n) is 8.48. The van der Waals surface area contributed by atoms with Gasteiger partial charge in [0, 0.05) is 15.8 Å². The lowest BCUT2D eigenvalue weighted by atomic mass is 9.49. The van der Waals surface area contributed by atoms with E-state index in [0.29, 0.717) is 5.92 Å². The first-order valence-electron chi connectivity index (χ1n) is 13.0. The highest BCUT2D eigenvalue weighted by molar-refractivity contribution is 6.36. The minimum atomic E-state index is 0.134. The third kappa shape index (κ3) is 2.67. The van der Waals surface area contributed by atoms with E-state index in [9.17, 15) is 0 Å². The molecular formula is C33H31Cl. The van der Waals surface area contributed by atoms with Gasteiger partial charge >= 0.3 is 0 Å². The quantitative estimate of drug-likeness (QED) is 0.264. The lowest BCUT2D eigenvalue weighted by Gasteiger charge is -2.54. The number of hydrogen-bond acceptors (Lipinski definition) is 0. The van der Waals surface area contributed by atoms with Gasteiger partial charge < -0.3 is 0 Å². The average Bonchev–Trinajstić information content (AvgIpc) is 3.15.